The summed E-state index contributed by atoms with van der Waals surface area (Å²) in [5.41, 5.74) is 0.697. The van der Waals surface area contributed by atoms with Gasteiger partial charge in [-0.05, 0) is 35.9 Å². The molecule has 1 fully saturated rings. The minimum Gasteiger partial charge on any atom is -0.493 e. The quantitative estimate of drug-likeness (QED) is 0.605. The standard InChI is InChI=1S/C21H23F3N2O3.C2H2O4/c1-28-18-8-5-16(13-19(18)29-2)20(27)26-11-9-25(10-12-26)14-15-3-6-17(7-4-15)21(22,23)24;3-1(4)2(5)6/h3-8,13H,9-12,14H2,1-2H3;(H,3,4)(H,5,6). The molecule has 2 aromatic carbocycles. The van der Waals surface area contributed by atoms with E-state index in [0.717, 1.165) is 17.7 Å². The van der Waals surface area contributed by atoms with Crippen LogP contribution in [0.1, 0.15) is 21.5 Å². The number of hydrogen-bond donors (Lipinski definition) is 2. The number of aliphatic carboxylic acids is 2. The van der Waals surface area contributed by atoms with E-state index in [0.29, 0.717) is 49.8 Å². The van der Waals surface area contributed by atoms with E-state index in [1.807, 2.05) is 0 Å². The van der Waals surface area contributed by atoms with E-state index in [9.17, 15) is 18.0 Å². The predicted octanol–water partition coefficient (Wildman–Crippen LogP) is 2.84. The lowest BCUT2D eigenvalue weighted by atomic mass is 10.1. The van der Waals surface area contributed by atoms with Crippen LogP contribution in [0.25, 0.3) is 0 Å². The molecular weight excluding hydrogens is 473 g/mol. The third-order valence-corrected chi connectivity index (χ3v) is 5.16. The molecule has 190 valence electrons. The van der Waals surface area contributed by atoms with Gasteiger partial charge in [-0.1, -0.05) is 12.1 Å². The van der Waals surface area contributed by atoms with Crippen LogP contribution in [0, 0.1) is 0 Å². The van der Waals surface area contributed by atoms with Crippen molar-refractivity contribution in [2.24, 2.45) is 0 Å². The number of amides is 1. The number of carbonyl (C=O) groups excluding carboxylic acids is 1. The van der Waals surface area contributed by atoms with Gasteiger partial charge in [-0.2, -0.15) is 13.2 Å². The van der Waals surface area contributed by atoms with Gasteiger partial charge in [0.2, 0.25) is 0 Å². The van der Waals surface area contributed by atoms with E-state index < -0.39 is 23.7 Å². The van der Waals surface area contributed by atoms with E-state index in [-0.39, 0.29) is 5.91 Å². The lowest BCUT2D eigenvalue weighted by Gasteiger charge is -2.35. The highest BCUT2D eigenvalue weighted by Gasteiger charge is 2.30. The van der Waals surface area contributed by atoms with Crippen LogP contribution in [0.5, 0.6) is 11.5 Å². The Balaban J connectivity index is 0.000000641. The second kappa shape index (κ2) is 12.1. The molecule has 3 rings (SSSR count). The zero-order chi connectivity index (χ0) is 26.2. The van der Waals surface area contributed by atoms with Crippen molar-refractivity contribution in [2.45, 2.75) is 12.7 Å². The molecule has 0 aromatic heterocycles. The zero-order valence-corrected chi connectivity index (χ0v) is 19.0. The van der Waals surface area contributed by atoms with Gasteiger partial charge >= 0.3 is 18.1 Å². The monoisotopic (exact) mass is 498 g/mol. The average molecular weight is 498 g/mol. The van der Waals surface area contributed by atoms with Crippen LogP contribution in [0.3, 0.4) is 0 Å². The summed E-state index contributed by atoms with van der Waals surface area (Å²) < 4.78 is 48.4. The molecule has 9 nitrogen and oxygen atoms in total. The molecule has 0 aliphatic carbocycles. The van der Waals surface area contributed by atoms with Crippen molar-refractivity contribution in [3.8, 4) is 11.5 Å². The van der Waals surface area contributed by atoms with Crippen LogP contribution in [0.15, 0.2) is 42.5 Å². The van der Waals surface area contributed by atoms with Crippen molar-refractivity contribution < 1.29 is 47.2 Å². The maximum absolute atomic E-state index is 12.8. The maximum Gasteiger partial charge on any atom is 0.416 e. The Kier molecular flexibility index (Phi) is 9.46. The first-order chi connectivity index (χ1) is 16.5. The third kappa shape index (κ3) is 7.88. The van der Waals surface area contributed by atoms with Gasteiger partial charge < -0.3 is 24.6 Å². The molecule has 0 unspecified atom stereocenters. The molecule has 2 aromatic rings. The fourth-order valence-corrected chi connectivity index (χ4v) is 3.32. The van der Waals surface area contributed by atoms with E-state index in [2.05, 4.69) is 4.90 Å². The summed E-state index contributed by atoms with van der Waals surface area (Å²) in [6.45, 7) is 2.96. The number of carboxylic acids is 2. The minimum absolute atomic E-state index is 0.0832. The van der Waals surface area contributed by atoms with Gasteiger partial charge in [0.05, 0.1) is 19.8 Å². The van der Waals surface area contributed by atoms with Crippen LogP contribution in [-0.4, -0.2) is 78.3 Å². The summed E-state index contributed by atoms with van der Waals surface area (Å²) in [5.74, 6) is -2.67. The molecule has 1 saturated heterocycles. The molecular formula is C23H25F3N2O7. The highest BCUT2D eigenvalue weighted by Crippen LogP contribution is 2.30. The van der Waals surface area contributed by atoms with Gasteiger partial charge in [-0.3, -0.25) is 9.69 Å². The van der Waals surface area contributed by atoms with E-state index in [1.54, 1.807) is 23.1 Å². The van der Waals surface area contributed by atoms with E-state index in [4.69, 9.17) is 29.3 Å². The number of rotatable bonds is 5. The fourth-order valence-electron chi connectivity index (χ4n) is 3.32. The Bertz CT molecular complexity index is 1020. The van der Waals surface area contributed by atoms with Gasteiger partial charge in [-0.25, -0.2) is 9.59 Å². The number of hydrogen-bond acceptors (Lipinski definition) is 6. The first-order valence-electron chi connectivity index (χ1n) is 10.3. The molecule has 1 aliphatic rings. The molecule has 1 amide bonds. The summed E-state index contributed by atoms with van der Waals surface area (Å²) >= 11 is 0. The van der Waals surface area contributed by atoms with Gasteiger partial charge in [0.25, 0.3) is 5.91 Å². The number of alkyl halides is 3. The van der Waals surface area contributed by atoms with E-state index in [1.165, 1.54) is 26.4 Å². The van der Waals surface area contributed by atoms with Crippen molar-refractivity contribution in [3.05, 3.63) is 59.2 Å². The number of carboxylic acid groups (broad SMARTS) is 2. The Morgan fingerprint density at radius 3 is 1.86 bits per heavy atom. The number of methoxy groups -OCH3 is 2. The number of nitrogens with zero attached hydrogens (tertiary/aromatic N) is 2. The second-order valence-electron chi connectivity index (χ2n) is 7.44. The van der Waals surface area contributed by atoms with Crippen molar-refractivity contribution in [1.29, 1.82) is 0 Å². The summed E-state index contributed by atoms with van der Waals surface area (Å²) in [5, 5.41) is 14.8. The number of ether oxygens (including phenoxy) is 2. The maximum atomic E-state index is 12.8. The number of halogens is 3. The summed E-state index contributed by atoms with van der Waals surface area (Å²) in [6, 6.07) is 10.3. The van der Waals surface area contributed by atoms with E-state index >= 15 is 0 Å². The predicted molar refractivity (Wildman–Crippen MR) is 117 cm³/mol. The molecule has 0 radical (unpaired) electrons. The van der Waals surface area contributed by atoms with Crippen molar-refractivity contribution >= 4 is 17.8 Å². The highest BCUT2D eigenvalue weighted by molar-refractivity contribution is 6.27. The average Bonchev–Trinajstić information content (AvgIpc) is 2.83. The van der Waals surface area contributed by atoms with Gasteiger partial charge in [0.15, 0.2) is 11.5 Å². The van der Waals surface area contributed by atoms with Crippen LogP contribution in [0.4, 0.5) is 13.2 Å². The second-order valence-corrected chi connectivity index (χ2v) is 7.44. The third-order valence-electron chi connectivity index (χ3n) is 5.16. The molecule has 1 aliphatic heterocycles. The number of carbonyl (C=O) groups is 3. The largest absolute Gasteiger partial charge is 0.493 e. The van der Waals surface area contributed by atoms with Crippen molar-refractivity contribution in [2.75, 3.05) is 40.4 Å². The Labute approximate surface area is 199 Å². The Morgan fingerprint density at radius 1 is 0.857 bits per heavy atom. The number of piperazine rings is 1. The fraction of sp³-hybridized carbons (Fsp3) is 0.348. The minimum atomic E-state index is -4.32. The summed E-state index contributed by atoms with van der Waals surface area (Å²) in [7, 11) is 3.06. The van der Waals surface area contributed by atoms with Gasteiger partial charge in [-0.15, -0.1) is 0 Å². The molecule has 0 spiro atoms. The topological polar surface area (TPSA) is 117 Å². The van der Waals surface area contributed by atoms with Crippen molar-refractivity contribution in [1.82, 2.24) is 9.80 Å². The highest BCUT2D eigenvalue weighted by atomic mass is 19.4. The smallest absolute Gasteiger partial charge is 0.416 e. The van der Waals surface area contributed by atoms with Gasteiger partial charge in [0.1, 0.15) is 0 Å². The Hall–Kier alpha value is -3.80. The first kappa shape index (κ1) is 27.4. The Morgan fingerprint density at radius 2 is 1.40 bits per heavy atom. The number of benzene rings is 2. The lowest BCUT2D eigenvalue weighted by Crippen LogP contribution is -2.48. The SMILES string of the molecule is COc1ccc(C(=O)N2CCN(Cc3ccc(C(F)(F)F)cc3)CC2)cc1OC.O=C(O)C(=O)O. The van der Waals surface area contributed by atoms with Crippen molar-refractivity contribution in [3.63, 3.8) is 0 Å². The lowest BCUT2D eigenvalue weighted by molar-refractivity contribution is -0.159. The molecule has 1 heterocycles. The van der Waals surface area contributed by atoms with Crippen LogP contribution in [-0.2, 0) is 22.3 Å². The molecule has 35 heavy (non-hydrogen) atoms. The first-order valence-corrected chi connectivity index (χ1v) is 10.3. The molecule has 0 atom stereocenters. The molecule has 12 heteroatoms. The zero-order valence-electron chi connectivity index (χ0n) is 19.0. The van der Waals surface area contributed by atoms with Crippen LogP contribution >= 0.6 is 0 Å². The summed E-state index contributed by atoms with van der Waals surface area (Å²) in [6.07, 6.45) is -4.32. The van der Waals surface area contributed by atoms with Gasteiger partial charge in [0, 0.05) is 38.3 Å². The normalized spacial score (nSPS) is 13.9. The molecule has 0 saturated carbocycles. The van der Waals surface area contributed by atoms with Crippen LogP contribution < -0.4 is 9.47 Å². The van der Waals surface area contributed by atoms with Crippen LogP contribution in [0.2, 0.25) is 0 Å². The molecule has 2 N–H and O–H groups in total. The summed E-state index contributed by atoms with van der Waals surface area (Å²) in [4.78, 5) is 34.9. The molecule has 0 bridgehead atoms.